The van der Waals surface area contributed by atoms with E-state index >= 15 is 0 Å². The second-order valence-electron chi connectivity index (χ2n) is 7.61. The van der Waals surface area contributed by atoms with Gasteiger partial charge in [0, 0.05) is 47.9 Å². The van der Waals surface area contributed by atoms with E-state index in [-0.39, 0.29) is 12.0 Å². The topological polar surface area (TPSA) is 59.7 Å². The largest absolute Gasteiger partial charge is 0.369 e. The Labute approximate surface area is 198 Å². The molecular formula is C22H21BrCl2N4O2. The average Bonchev–Trinajstić information content (AvgIpc) is 3.21. The van der Waals surface area contributed by atoms with Crippen LogP contribution in [0.3, 0.4) is 0 Å². The van der Waals surface area contributed by atoms with Crippen molar-refractivity contribution < 1.29 is 9.53 Å². The molecule has 6 nitrogen and oxygen atoms in total. The van der Waals surface area contributed by atoms with Crippen molar-refractivity contribution in [1.29, 1.82) is 0 Å². The molecule has 9 heteroatoms. The van der Waals surface area contributed by atoms with Crippen molar-refractivity contribution in [3.8, 4) is 0 Å². The number of hydrogen-bond acceptors (Lipinski definition) is 4. The highest BCUT2D eigenvalue weighted by Gasteiger charge is 2.23. The lowest BCUT2D eigenvalue weighted by atomic mass is 9.99. The normalized spacial score (nSPS) is 16.9. The van der Waals surface area contributed by atoms with Crippen LogP contribution < -0.4 is 0 Å². The number of carbonyl (C=O) groups is 1. The number of rotatable bonds is 5. The molecule has 1 atom stereocenters. The number of aliphatic imine (C=N–C) groups is 1. The van der Waals surface area contributed by atoms with Gasteiger partial charge < -0.3 is 9.64 Å². The molecule has 0 aliphatic carbocycles. The minimum absolute atomic E-state index is 0.150. The molecule has 0 saturated carbocycles. The lowest BCUT2D eigenvalue weighted by molar-refractivity contribution is -0.0390. The molecule has 1 unspecified atom stereocenters. The number of fused-ring (bicyclic) bond motifs is 1. The maximum atomic E-state index is 13.6. The van der Waals surface area contributed by atoms with Crippen LogP contribution in [-0.4, -0.2) is 47.5 Å². The molecule has 1 aliphatic heterocycles. The van der Waals surface area contributed by atoms with E-state index < -0.39 is 0 Å². The number of aromatic nitrogens is 2. The van der Waals surface area contributed by atoms with Gasteiger partial charge in [-0.3, -0.25) is 4.79 Å². The number of ketones is 1. The number of benzene rings is 2. The first-order chi connectivity index (χ1) is 14.8. The number of nitrogens with zero attached hydrogens (tertiary/aromatic N) is 4. The van der Waals surface area contributed by atoms with Gasteiger partial charge in [0.25, 0.3) is 0 Å². The zero-order valence-corrected chi connectivity index (χ0v) is 20.2. The minimum atomic E-state index is -0.203. The Hall–Kier alpha value is -1.93. The summed E-state index contributed by atoms with van der Waals surface area (Å²) in [6.45, 7) is 0.699. The molecule has 1 aliphatic rings. The van der Waals surface area contributed by atoms with E-state index in [2.05, 4.69) is 26.0 Å². The molecule has 0 bridgehead atoms. The second kappa shape index (κ2) is 9.28. The van der Waals surface area contributed by atoms with Crippen LogP contribution in [-0.2, 0) is 4.74 Å². The smallest absolute Gasteiger partial charge is 0.195 e. The highest BCUT2D eigenvalue weighted by Crippen LogP contribution is 2.35. The van der Waals surface area contributed by atoms with Gasteiger partial charge in [0.2, 0.25) is 0 Å². The molecule has 4 rings (SSSR count). The number of hydrogen-bond donors (Lipinski definition) is 0. The molecule has 162 valence electrons. The Morgan fingerprint density at radius 2 is 2.06 bits per heavy atom. The fourth-order valence-corrected chi connectivity index (χ4v) is 4.21. The fraction of sp³-hybridized carbons (Fsp3) is 0.318. The SMILES string of the molecule is CN(C)C=Nc1cc(Br)c(Cl)cc1C(=O)c1ccc(Cl)c2nn(C3CCCCO3)cc12. The average molecular weight is 524 g/mol. The Morgan fingerprint density at radius 3 is 2.77 bits per heavy atom. The third kappa shape index (κ3) is 4.65. The molecule has 0 amide bonds. The predicted molar refractivity (Wildman–Crippen MR) is 128 cm³/mol. The first-order valence-corrected chi connectivity index (χ1v) is 11.4. The van der Waals surface area contributed by atoms with Crippen LogP contribution in [0.4, 0.5) is 5.69 Å². The molecule has 3 aromatic rings. The van der Waals surface area contributed by atoms with Gasteiger partial charge in [-0.25, -0.2) is 9.67 Å². The summed E-state index contributed by atoms with van der Waals surface area (Å²) < 4.78 is 8.28. The molecule has 2 heterocycles. The molecule has 0 spiro atoms. The summed E-state index contributed by atoms with van der Waals surface area (Å²) >= 11 is 16.1. The van der Waals surface area contributed by atoms with Gasteiger partial charge in [0.05, 0.1) is 22.1 Å². The van der Waals surface area contributed by atoms with Gasteiger partial charge in [-0.05, 0) is 59.5 Å². The lowest BCUT2D eigenvalue weighted by Gasteiger charge is -2.22. The molecule has 1 fully saturated rings. The maximum Gasteiger partial charge on any atom is 0.195 e. The van der Waals surface area contributed by atoms with Crippen LogP contribution in [0.5, 0.6) is 0 Å². The molecule has 2 aromatic carbocycles. The van der Waals surface area contributed by atoms with E-state index in [9.17, 15) is 4.79 Å². The molecule has 31 heavy (non-hydrogen) atoms. The molecule has 0 radical (unpaired) electrons. The van der Waals surface area contributed by atoms with Crippen LogP contribution in [0.2, 0.25) is 10.0 Å². The van der Waals surface area contributed by atoms with Crippen molar-refractivity contribution in [1.82, 2.24) is 14.7 Å². The summed E-state index contributed by atoms with van der Waals surface area (Å²) in [5.74, 6) is -0.203. The summed E-state index contributed by atoms with van der Waals surface area (Å²) in [5.41, 5.74) is 1.97. The van der Waals surface area contributed by atoms with Crippen LogP contribution in [0.15, 0.2) is 39.9 Å². The minimum Gasteiger partial charge on any atom is -0.369 e. The van der Waals surface area contributed by atoms with Gasteiger partial charge in [0.1, 0.15) is 11.7 Å². The summed E-state index contributed by atoms with van der Waals surface area (Å²) in [5, 5.41) is 6.22. The quantitative estimate of drug-likeness (QED) is 0.225. The van der Waals surface area contributed by atoms with Crippen molar-refractivity contribution in [2.24, 2.45) is 4.99 Å². The van der Waals surface area contributed by atoms with Crippen molar-refractivity contribution in [2.45, 2.75) is 25.5 Å². The van der Waals surface area contributed by atoms with Crippen molar-refractivity contribution in [3.05, 3.63) is 56.1 Å². The van der Waals surface area contributed by atoms with Crippen molar-refractivity contribution in [2.75, 3.05) is 20.7 Å². The summed E-state index contributed by atoms with van der Waals surface area (Å²) in [4.78, 5) is 19.9. The van der Waals surface area contributed by atoms with Crippen molar-refractivity contribution in [3.63, 3.8) is 0 Å². The predicted octanol–water partition coefficient (Wildman–Crippen LogP) is 6.26. The monoisotopic (exact) mass is 522 g/mol. The summed E-state index contributed by atoms with van der Waals surface area (Å²) in [6.07, 6.45) is 6.33. The third-order valence-corrected chi connectivity index (χ3v) is 6.55. The summed E-state index contributed by atoms with van der Waals surface area (Å²) in [6, 6.07) is 6.78. The van der Waals surface area contributed by atoms with E-state index in [4.69, 9.17) is 27.9 Å². The Morgan fingerprint density at radius 1 is 1.26 bits per heavy atom. The Kier molecular flexibility index (Phi) is 6.67. The highest BCUT2D eigenvalue weighted by molar-refractivity contribution is 9.10. The molecule has 1 saturated heterocycles. The Balaban J connectivity index is 1.82. The van der Waals surface area contributed by atoms with Crippen LogP contribution in [0.25, 0.3) is 10.9 Å². The zero-order valence-electron chi connectivity index (χ0n) is 17.1. The van der Waals surface area contributed by atoms with Gasteiger partial charge in [-0.1, -0.05) is 23.2 Å². The van der Waals surface area contributed by atoms with E-state index in [1.807, 2.05) is 20.3 Å². The highest BCUT2D eigenvalue weighted by atomic mass is 79.9. The van der Waals surface area contributed by atoms with Gasteiger partial charge >= 0.3 is 0 Å². The van der Waals surface area contributed by atoms with Crippen molar-refractivity contribution >= 4 is 67.8 Å². The van der Waals surface area contributed by atoms with Crippen LogP contribution in [0, 0.1) is 0 Å². The molecular weight excluding hydrogens is 503 g/mol. The summed E-state index contributed by atoms with van der Waals surface area (Å²) in [7, 11) is 3.72. The van der Waals surface area contributed by atoms with E-state index in [0.29, 0.717) is 48.8 Å². The van der Waals surface area contributed by atoms with E-state index in [1.54, 1.807) is 40.2 Å². The van der Waals surface area contributed by atoms with E-state index in [0.717, 1.165) is 19.3 Å². The van der Waals surface area contributed by atoms with Gasteiger partial charge in [-0.15, -0.1) is 0 Å². The second-order valence-corrected chi connectivity index (χ2v) is 9.28. The van der Waals surface area contributed by atoms with Gasteiger partial charge in [0.15, 0.2) is 5.78 Å². The lowest BCUT2D eigenvalue weighted by Crippen LogP contribution is -2.18. The standard InChI is InChI=1S/C22H21BrCl2N4O2/c1-28(2)12-26-19-10-16(23)18(25)9-14(19)22(30)13-6-7-17(24)21-15(13)11-29(27-21)20-5-3-4-8-31-20/h6-7,9-12,20H,3-5,8H2,1-2H3. The Bertz CT molecular complexity index is 1170. The van der Waals surface area contributed by atoms with Crippen LogP contribution >= 0.6 is 39.1 Å². The number of halogens is 3. The fourth-order valence-electron chi connectivity index (χ4n) is 3.52. The third-order valence-electron chi connectivity index (χ3n) is 5.05. The molecule has 1 aromatic heterocycles. The number of ether oxygens (including phenoxy) is 1. The van der Waals surface area contributed by atoms with E-state index in [1.165, 1.54) is 0 Å². The van der Waals surface area contributed by atoms with Crippen LogP contribution in [0.1, 0.15) is 41.4 Å². The zero-order chi connectivity index (χ0) is 22.1. The first kappa shape index (κ1) is 22.3. The number of carbonyl (C=O) groups excluding carboxylic acids is 1. The maximum absolute atomic E-state index is 13.6. The molecule has 0 N–H and O–H groups in total. The van der Waals surface area contributed by atoms with Gasteiger partial charge in [-0.2, -0.15) is 5.10 Å². The first-order valence-electron chi connectivity index (χ1n) is 9.88.